The molecule has 3 fully saturated rings. The summed E-state index contributed by atoms with van der Waals surface area (Å²) in [5.74, 6) is 1.99. The van der Waals surface area contributed by atoms with Gasteiger partial charge in [0.2, 0.25) is 0 Å². The van der Waals surface area contributed by atoms with Gasteiger partial charge in [-0.25, -0.2) is 0 Å². The molecular formula is C12H22N2. The quantitative estimate of drug-likeness (QED) is 0.611. The Hall–Kier alpha value is -0.0800. The summed E-state index contributed by atoms with van der Waals surface area (Å²) in [6.45, 7) is 2.54. The van der Waals surface area contributed by atoms with E-state index in [9.17, 15) is 0 Å². The maximum absolute atomic E-state index is 3.73. The fourth-order valence-electron chi connectivity index (χ4n) is 3.97. The zero-order valence-electron chi connectivity index (χ0n) is 8.97. The smallest absolute Gasteiger partial charge is 0.00991 e. The third-order valence-electron chi connectivity index (χ3n) is 4.61. The molecule has 2 aliphatic heterocycles. The number of nitrogens with one attached hydrogen (secondary N) is 2. The molecule has 1 aliphatic carbocycles. The van der Waals surface area contributed by atoms with Gasteiger partial charge in [-0.05, 0) is 63.5 Å². The minimum absolute atomic E-state index is 0.866. The van der Waals surface area contributed by atoms with E-state index in [-0.39, 0.29) is 0 Å². The summed E-state index contributed by atoms with van der Waals surface area (Å²) in [7, 11) is 0. The average Bonchev–Trinajstić information content (AvgIpc) is 2.29. The Balaban J connectivity index is 1.74. The van der Waals surface area contributed by atoms with Gasteiger partial charge in [-0.2, -0.15) is 0 Å². The number of rotatable bonds is 0. The van der Waals surface area contributed by atoms with Gasteiger partial charge in [0.1, 0.15) is 0 Å². The van der Waals surface area contributed by atoms with E-state index in [1.807, 2.05) is 0 Å². The molecule has 3 aliphatic rings. The van der Waals surface area contributed by atoms with Crippen molar-refractivity contribution in [3.05, 3.63) is 0 Å². The van der Waals surface area contributed by atoms with Crippen molar-refractivity contribution in [2.24, 2.45) is 11.8 Å². The van der Waals surface area contributed by atoms with Crippen LogP contribution in [0.25, 0.3) is 0 Å². The van der Waals surface area contributed by atoms with Crippen molar-refractivity contribution in [3.8, 4) is 0 Å². The number of fused-ring (bicyclic) bond motifs is 3. The second-order valence-corrected chi connectivity index (χ2v) is 5.31. The molecule has 0 aromatic rings. The van der Waals surface area contributed by atoms with Gasteiger partial charge in [0.05, 0.1) is 0 Å². The molecule has 0 amide bonds. The van der Waals surface area contributed by atoms with Crippen molar-refractivity contribution >= 4 is 0 Å². The van der Waals surface area contributed by atoms with Crippen LogP contribution in [-0.4, -0.2) is 25.2 Å². The van der Waals surface area contributed by atoms with Crippen molar-refractivity contribution in [3.63, 3.8) is 0 Å². The van der Waals surface area contributed by atoms with E-state index < -0.39 is 0 Å². The highest BCUT2D eigenvalue weighted by Crippen LogP contribution is 2.39. The van der Waals surface area contributed by atoms with Crippen LogP contribution < -0.4 is 10.6 Å². The summed E-state index contributed by atoms with van der Waals surface area (Å²) in [5, 5.41) is 7.45. The molecule has 2 saturated heterocycles. The second kappa shape index (κ2) is 3.82. The molecule has 1 saturated carbocycles. The molecule has 14 heavy (non-hydrogen) atoms. The Kier molecular flexibility index (Phi) is 2.50. The van der Waals surface area contributed by atoms with Gasteiger partial charge in [0, 0.05) is 12.1 Å². The molecule has 80 valence electrons. The van der Waals surface area contributed by atoms with Crippen LogP contribution in [-0.2, 0) is 0 Å². The standard InChI is InChI=1S/C12H22N2/c1-3-9-10-4-2-8-14-12(10)6-5-11(9)13-7-1/h9-14H,1-8H2/t9-,10+,11-,12+. The Morgan fingerprint density at radius 1 is 0.643 bits per heavy atom. The minimum Gasteiger partial charge on any atom is -0.314 e. The van der Waals surface area contributed by atoms with E-state index in [1.165, 1.54) is 51.6 Å². The predicted octanol–water partition coefficient (Wildman–Crippen LogP) is 1.52. The summed E-state index contributed by atoms with van der Waals surface area (Å²) in [6.07, 6.45) is 8.62. The summed E-state index contributed by atoms with van der Waals surface area (Å²) in [5.41, 5.74) is 0. The first-order valence-electron chi connectivity index (χ1n) is 6.42. The van der Waals surface area contributed by atoms with E-state index in [4.69, 9.17) is 0 Å². The van der Waals surface area contributed by atoms with Gasteiger partial charge in [-0.15, -0.1) is 0 Å². The Morgan fingerprint density at radius 3 is 1.64 bits per heavy atom. The van der Waals surface area contributed by atoms with E-state index in [0.29, 0.717) is 0 Å². The Labute approximate surface area is 86.8 Å². The molecule has 0 unspecified atom stereocenters. The van der Waals surface area contributed by atoms with Crippen LogP contribution >= 0.6 is 0 Å². The van der Waals surface area contributed by atoms with Crippen molar-refractivity contribution in [1.29, 1.82) is 0 Å². The monoisotopic (exact) mass is 194 g/mol. The minimum atomic E-state index is 0.866. The first-order chi connectivity index (χ1) is 6.95. The maximum Gasteiger partial charge on any atom is 0.00991 e. The van der Waals surface area contributed by atoms with Gasteiger partial charge >= 0.3 is 0 Å². The predicted molar refractivity (Wildman–Crippen MR) is 58.3 cm³/mol. The molecule has 0 aromatic carbocycles. The zero-order valence-corrected chi connectivity index (χ0v) is 8.97. The summed E-state index contributed by atoms with van der Waals surface area (Å²) in [6, 6.07) is 1.73. The van der Waals surface area contributed by atoms with Gasteiger partial charge < -0.3 is 10.6 Å². The molecule has 0 bridgehead atoms. The lowest BCUT2D eigenvalue weighted by Gasteiger charge is -2.48. The van der Waals surface area contributed by atoms with Gasteiger partial charge in [0.15, 0.2) is 0 Å². The highest BCUT2D eigenvalue weighted by molar-refractivity contribution is 4.97. The summed E-state index contributed by atoms with van der Waals surface area (Å²) in [4.78, 5) is 0. The molecule has 0 spiro atoms. The van der Waals surface area contributed by atoms with Crippen LogP contribution in [0.2, 0.25) is 0 Å². The van der Waals surface area contributed by atoms with E-state index in [1.54, 1.807) is 0 Å². The molecule has 2 heterocycles. The number of hydrogen-bond acceptors (Lipinski definition) is 2. The van der Waals surface area contributed by atoms with Crippen molar-refractivity contribution in [1.82, 2.24) is 10.6 Å². The SMILES string of the molecule is C1CN[C@@H]2CC[C@@H]3NCCC[C@H]3[C@H]2C1. The molecule has 0 aromatic heterocycles. The Bertz CT molecular complexity index is 182. The van der Waals surface area contributed by atoms with Crippen molar-refractivity contribution in [2.45, 2.75) is 50.6 Å². The van der Waals surface area contributed by atoms with Crippen LogP contribution in [0.5, 0.6) is 0 Å². The van der Waals surface area contributed by atoms with Gasteiger partial charge in [-0.3, -0.25) is 0 Å². The highest BCUT2D eigenvalue weighted by atomic mass is 15.0. The van der Waals surface area contributed by atoms with Crippen molar-refractivity contribution < 1.29 is 0 Å². The average molecular weight is 194 g/mol. The first-order valence-corrected chi connectivity index (χ1v) is 6.42. The fraction of sp³-hybridized carbons (Fsp3) is 1.00. The highest BCUT2D eigenvalue weighted by Gasteiger charge is 2.40. The lowest BCUT2D eigenvalue weighted by Crippen LogP contribution is -2.56. The molecule has 0 radical (unpaired) electrons. The largest absolute Gasteiger partial charge is 0.314 e. The Morgan fingerprint density at radius 2 is 1.14 bits per heavy atom. The topological polar surface area (TPSA) is 24.1 Å². The summed E-state index contributed by atoms with van der Waals surface area (Å²) >= 11 is 0. The fourth-order valence-corrected chi connectivity index (χ4v) is 3.97. The van der Waals surface area contributed by atoms with Crippen LogP contribution in [0.1, 0.15) is 38.5 Å². The third-order valence-corrected chi connectivity index (χ3v) is 4.61. The lowest BCUT2D eigenvalue weighted by molar-refractivity contribution is 0.0790. The second-order valence-electron chi connectivity index (χ2n) is 5.31. The molecule has 2 heteroatoms. The number of hydrogen-bond donors (Lipinski definition) is 2. The molecule has 2 nitrogen and oxygen atoms in total. The molecule has 4 atom stereocenters. The van der Waals surface area contributed by atoms with Crippen LogP contribution in [0.4, 0.5) is 0 Å². The molecular weight excluding hydrogens is 172 g/mol. The summed E-state index contributed by atoms with van der Waals surface area (Å²) < 4.78 is 0. The van der Waals surface area contributed by atoms with Crippen LogP contribution in [0.3, 0.4) is 0 Å². The van der Waals surface area contributed by atoms with E-state index in [2.05, 4.69) is 10.6 Å². The van der Waals surface area contributed by atoms with Gasteiger partial charge in [0.25, 0.3) is 0 Å². The maximum atomic E-state index is 3.73. The zero-order chi connectivity index (χ0) is 9.38. The van der Waals surface area contributed by atoms with E-state index >= 15 is 0 Å². The van der Waals surface area contributed by atoms with E-state index in [0.717, 1.165) is 23.9 Å². The molecule has 2 N–H and O–H groups in total. The van der Waals surface area contributed by atoms with Gasteiger partial charge in [-0.1, -0.05) is 0 Å². The lowest BCUT2D eigenvalue weighted by atomic mass is 9.67. The first kappa shape index (κ1) is 9.17. The van der Waals surface area contributed by atoms with Crippen LogP contribution in [0.15, 0.2) is 0 Å². The number of piperidine rings is 2. The van der Waals surface area contributed by atoms with Crippen molar-refractivity contribution in [2.75, 3.05) is 13.1 Å². The third kappa shape index (κ3) is 1.49. The molecule has 3 rings (SSSR count). The normalized spacial score (nSPS) is 48.0. The van der Waals surface area contributed by atoms with Crippen LogP contribution in [0, 0.1) is 11.8 Å².